The van der Waals surface area contributed by atoms with Gasteiger partial charge in [-0.05, 0) is 37.6 Å². The Bertz CT molecular complexity index is 567. The summed E-state index contributed by atoms with van der Waals surface area (Å²) in [6, 6.07) is 8.20. The molecule has 1 heterocycles. The number of likely N-dealkylation sites (tertiary alicyclic amines) is 1. The van der Waals surface area contributed by atoms with E-state index in [-0.39, 0.29) is 31.6 Å². The molecule has 0 saturated carbocycles. The van der Waals surface area contributed by atoms with Crippen LogP contribution >= 0.6 is 0 Å². The molecule has 1 saturated heterocycles. The summed E-state index contributed by atoms with van der Waals surface area (Å²) in [5.74, 6) is 0.615. The van der Waals surface area contributed by atoms with E-state index in [1.165, 1.54) is 10.5 Å². The average molecular weight is 365 g/mol. The van der Waals surface area contributed by atoms with E-state index in [9.17, 15) is 14.3 Å². The van der Waals surface area contributed by atoms with Gasteiger partial charge >= 0.3 is 6.03 Å². The largest absolute Gasteiger partial charge is 0.391 e. The Balaban J connectivity index is 1.96. The van der Waals surface area contributed by atoms with Gasteiger partial charge in [-0.3, -0.25) is 0 Å². The van der Waals surface area contributed by atoms with Crippen LogP contribution in [0.15, 0.2) is 24.3 Å². The molecule has 0 spiro atoms. The number of nitrogens with zero attached hydrogens (tertiary/aromatic N) is 2. The number of alkyl halides is 1. The van der Waals surface area contributed by atoms with Gasteiger partial charge < -0.3 is 20.2 Å². The predicted octanol–water partition coefficient (Wildman–Crippen LogP) is 2.60. The normalized spacial score (nSPS) is 21.9. The van der Waals surface area contributed by atoms with Gasteiger partial charge in [0.05, 0.1) is 18.7 Å². The number of amides is 2. The number of aliphatic hydroxyl groups is 1. The third-order valence-electron chi connectivity index (χ3n) is 4.74. The number of carbonyl (C=O) groups is 1. The van der Waals surface area contributed by atoms with Gasteiger partial charge in [0.2, 0.25) is 0 Å². The molecular weight excluding hydrogens is 333 g/mol. The highest BCUT2D eigenvalue weighted by atomic mass is 19.1. The fourth-order valence-corrected chi connectivity index (χ4v) is 3.42. The number of hydrogen-bond donors (Lipinski definition) is 2. The Kier molecular flexibility index (Phi) is 7.41. The van der Waals surface area contributed by atoms with Crippen LogP contribution in [0.1, 0.15) is 37.4 Å². The van der Waals surface area contributed by atoms with Crippen molar-refractivity contribution in [1.29, 1.82) is 0 Å². The summed E-state index contributed by atoms with van der Waals surface area (Å²) in [6.07, 6.45) is -0.802. The highest BCUT2D eigenvalue weighted by Gasteiger charge is 2.29. The Morgan fingerprint density at radius 3 is 2.50 bits per heavy atom. The van der Waals surface area contributed by atoms with E-state index in [4.69, 9.17) is 0 Å². The number of rotatable bonds is 6. The lowest BCUT2D eigenvalue weighted by atomic mass is 9.99. The summed E-state index contributed by atoms with van der Waals surface area (Å²) in [6.45, 7) is 5.05. The lowest BCUT2D eigenvalue weighted by Gasteiger charge is -2.33. The Hall–Kier alpha value is -1.66. The molecule has 1 aromatic rings. The van der Waals surface area contributed by atoms with Crippen molar-refractivity contribution < 1.29 is 14.3 Å². The van der Waals surface area contributed by atoms with Crippen LogP contribution in [0.25, 0.3) is 0 Å². The number of piperidine rings is 1. The third-order valence-corrected chi connectivity index (χ3v) is 4.74. The van der Waals surface area contributed by atoms with Crippen molar-refractivity contribution in [2.24, 2.45) is 5.92 Å². The number of β-amino-alcohol motifs (C(OH)–C–C–N with tert-alkyl or cyclic N) is 1. The van der Waals surface area contributed by atoms with Gasteiger partial charge in [-0.2, -0.15) is 0 Å². The molecule has 146 valence electrons. The van der Waals surface area contributed by atoms with E-state index in [0.717, 1.165) is 12.0 Å². The zero-order valence-corrected chi connectivity index (χ0v) is 16.3. The first-order chi connectivity index (χ1) is 12.3. The number of likely N-dealkylation sites (N-methyl/N-ethyl adjacent to an activating group) is 1. The van der Waals surface area contributed by atoms with Gasteiger partial charge in [-0.15, -0.1) is 0 Å². The fourth-order valence-electron chi connectivity index (χ4n) is 3.42. The van der Waals surface area contributed by atoms with E-state index in [0.29, 0.717) is 12.5 Å². The zero-order valence-electron chi connectivity index (χ0n) is 16.3. The standard InChI is InChI=1S/C20H32FN3O2/c1-14(2)9-15-5-7-16(8-6-15)19(23(3)4)11-22-20(26)24-12-17(21)10-18(25)13-24/h5-8,14,17-19,25H,9-13H2,1-4H3,(H,22,26)/t17-,18-,19?/m0/s1. The van der Waals surface area contributed by atoms with Gasteiger partial charge in [-0.1, -0.05) is 38.1 Å². The topological polar surface area (TPSA) is 55.8 Å². The van der Waals surface area contributed by atoms with Crippen LogP contribution in [0.5, 0.6) is 0 Å². The monoisotopic (exact) mass is 365 g/mol. The van der Waals surface area contributed by atoms with Crippen LogP contribution in [-0.4, -0.2) is 66.9 Å². The number of urea groups is 1. The molecule has 1 aliphatic rings. The molecule has 1 aromatic carbocycles. The highest BCUT2D eigenvalue weighted by Crippen LogP contribution is 2.20. The SMILES string of the molecule is CC(C)Cc1ccc(C(CNC(=O)N2C[C@@H](O)C[C@H](F)C2)N(C)C)cc1. The third kappa shape index (κ3) is 5.95. The molecule has 0 aliphatic carbocycles. The molecule has 5 nitrogen and oxygen atoms in total. The Morgan fingerprint density at radius 1 is 1.31 bits per heavy atom. The Morgan fingerprint density at radius 2 is 1.96 bits per heavy atom. The van der Waals surface area contributed by atoms with Crippen LogP contribution < -0.4 is 5.32 Å². The van der Waals surface area contributed by atoms with Crippen molar-refractivity contribution in [3.8, 4) is 0 Å². The average Bonchev–Trinajstić information content (AvgIpc) is 2.54. The quantitative estimate of drug-likeness (QED) is 0.815. The van der Waals surface area contributed by atoms with Crippen molar-refractivity contribution in [3.63, 3.8) is 0 Å². The fraction of sp³-hybridized carbons (Fsp3) is 0.650. The first kappa shape index (κ1) is 20.6. The molecular formula is C20H32FN3O2. The van der Waals surface area contributed by atoms with Crippen LogP contribution in [0, 0.1) is 5.92 Å². The number of aliphatic hydroxyl groups excluding tert-OH is 1. The van der Waals surface area contributed by atoms with E-state index < -0.39 is 12.3 Å². The van der Waals surface area contributed by atoms with Gasteiger partial charge in [0.25, 0.3) is 0 Å². The molecule has 6 heteroatoms. The van der Waals surface area contributed by atoms with Crippen molar-refractivity contribution >= 4 is 6.03 Å². The smallest absolute Gasteiger partial charge is 0.317 e. The number of nitrogens with one attached hydrogen (secondary N) is 1. The summed E-state index contributed by atoms with van der Waals surface area (Å²) in [5, 5.41) is 12.5. The van der Waals surface area contributed by atoms with Crippen molar-refractivity contribution in [2.75, 3.05) is 33.7 Å². The molecule has 1 aliphatic heterocycles. The minimum atomic E-state index is -1.16. The van der Waals surface area contributed by atoms with Crippen LogP contribution in [-0.2, 0) is 6.42 Å². The summed E-state index contributed by atoms with van der Waals surface area (Å²) in [4.78, 5) is 15.8. The molecule has 1 unspecified atom stereocenters. The second-order valence-corrected chi connectivity index (χ2v) is 7.90. The first-order valence-electron chi connectivity index (χ1n) is 9.36. The van der Waals surface area contributed by atoms with E-state index in [2.05, 4.69) is 48.3 Å². The number of hydrogen-bond acceptors (Lipinski definition) is 3. The van der Waals surface area contributed by atoms with Crippen molar-refractivity contribution in [1.82, 2.24) is 15.1 Å². The van der Waals surface area contributed by atoms with Gasteiger partial charge in [0.15, 0.2) is 0 Å². The van der Waals surface area contributed by atoms with Crippen molar-refractivity contribution in [2.45, 2.75) is 45.0 Å². The number of benzene rings is 1. The maximum atomic E-state index is 13.6. The summed E-state index contributed by atoms with van der Waals surface area (Å²) in [5.41, 5.74) is 2.44. The van der Waals surface area contributed by atoms with Crippen LogP contribution in [0.4, 0.5) is 9.18 Å². The van der Waals surface area contributed by atoms with Crippen molar-refractivity contribution in [3.05, 3.63) is 35.4 Å². The second-order valence-electron chi connectivity index (χ2n) is 7.90. The van der Waals surface area contributed by atoms with Crippen LogP contribution in [0.2, 0.25) is 0 Å². The molecule has 3 atom stereocenters. The van der Waals surface area contributed by atoms with E-state index in [1.54, 1.807) is 0 Å². The molecule has 0 radical (unpaired) electrons. The second kappa shape index (κ2) is 9.33. The van der Waals surface area contributed by atoms with Gasteiger partial charge in [-0.25, -0.2) is 9.18 Å². The molecule has 2 amide bonds. The molecule has 26 heavy (non-hydrogen) atoms. The minimum Gasteiger partial charge on any atom is -0.391 e. The number of carbonyl (C=O) groups excluding carboxylic acids is 1. The maximum Gasteiger partial charge on any atom is 0.317 e. The lowest BCUT2D eigenvalue weighted by Crippen LogP contribution is -2.51. The summed E-state index contributed by atoms with van der Waals surface area (Å²) < 4.78 is 13.6. The highest BCUT2D eigenvalue weighted by molar-refractivity contribution is 5.74. The summed E-state index contributed by atoms with van der Waals surface area (Å²) in [7, 11) is 3.95. The molecule has 0 aromatic heterocycles. The molecule has 0 bridgehead atoms. The predicted molar refractivity (Wildman–Crippen MR) is 102 cm³/mol. The minimum absolute atomic E-state index is 0.0305. The maximum absolute atomic E-state index is 13.6. The zero-order chi connectivity index (χ0) is 19.3. The van der Waals surface area contributed by atoms with Gasteiger partial charge in [0.1, 0.15) is 6.17 Å². The molecule has 1 fully saturated rings. The van der Waals surface area contributed by atoms with E-state index in [1.807, 2.05) is 14.1 Å². The summed E-state index contributed by atoms with van der Waals surface area (Å²) >= 11 is 0. The van der Waals surface area contributed by atoms with Crippen LogP contribution in [0.3, 0.4) is 0 Å². The van der Waals surface area contributed by atoms with Gasteiger partial charge in [0, 0.05) is 19.5 Å². The first-order valence-corrected chi connectivity index (χ1v) is 9.36. The lowest BCUT2D eigenvalue weighted by molar-refractivity contribution is 0.0416. The van der Waals surface area contributed by atoms with E-state index >= 15 is 0 Å². The molecule has 2 N–H and O–H groups in total. The Labute approximate surface area is 156 Å². The number of halogens is 1. The molecule has 2 rings (SSSR count).